The summed E-state index contributed by atoms with van der Waals surface area (Å²) >= 11 is 6.02. The number of rotatable bonds is 10. The molecule has 0 saturated heterocycles. The summed E-state index contributed by atoms with van der Waals surface area (Å²) in [4.78, 5) is 26.1. The number of aromatic nitrogens is 3. The Hall–Kier alpha value is -4.57. The topological polar surface area (TPSA) is 122 Å². The molecule has 0 spiro atoms. The van der Waals surface area contributed by atoms with Gasteiger partial charge in [-0.2, -0.15) is 15.0 Å². The highest BCUT2D eigenvalue weighted by molar-refractivity contribution is 6.30. The first-order valence-electron chi connectivity index (χ1n) is 11.3. The van der Waals surface area contributed by atoms with Crippen LogP contribution in [0.5, 0.6) is 11.5 Å². The van der Waals surface area contributed by atoms with E-state index >= 15 is 0 Å². The van der Waals surface area contributed by atoms with Crippen molar-refractivity contribution in [3.8, 4) is 11.5 Å². The Labute approximate surface area is 219 Å². The molecule has 11 heteroatoms. The molecule has 0 saturated carbocycles. The van der Waals surface area contributed by atoms with E-state index in [-0.39, 0.29) is 23.8 Å². The molecule has 4 N–H and O–H groups in total. The minimum atomic E-state index is -0.663. The molecular weight excluding hydrogens is 494 g/mol. The van der Waals surface area contributed by atoms with Gasteiger partial charge in [-0.1, -0.05) is 17.7 Å². The minimum absolute atomic E-state index is 0.204. The van der Waals surface area contributed by atoms with Gasteiger partial charge in [0.05, 0.1) is 14.2 Å². The number of benzene rings is 3. The Morgan fingerprint density at radius 1 is 0.757 bits per heavy atom. The number of nitrogens with zero attached hydrogens (tertiary/aromatic N) is 3. The minimum Gasteiger partial charge on any atom is -0.497 e. The summed E-state index contributed by atoms with van der Waals surface area (Å²) in [6, 6.07) is 20.9. The number of methoxy groups -OCH3 is 2. The molecule has 1 heterocycles. The fourth-order valence-corrected chi connectivity index (χ4v) is 3.43. The molecule has 0 radical (unpaired) electrons. The largest absolute Gasteiger partial charge is 0.497 e. The van der Waals surface area contributed by atoms with E-state index in [1.54, 1.807) is 45.4 Å². The molecule has 4 aromatic rings. The average Bonchev–Trinajstić information content (AvgIpc) is 2.89. The van der Waals surface area contributed by atoms with Crippen LogP contribution in [0.1, 0.15) is 6.92 Å². The smallest absolute Gasteiger partial charge is 0.246 e. The lowest BCUT2D eigenvalue weighted by Gasteiger charge is -2.16. The van der Waals surface area contributed by atoms with Crippen LogP contribution >= 0.6 is 11.6 Å². The molecule has 0 aliphatic heterocycles. The van der Waals surface area contributed by atoms with Crippen molar-refractivity contribution >= 4 is 52.4 Å². The van der Waals surface area contributed by atoms with E-state index in [4.69, 9.17) is 21.1 Å². The van der Waals surface area contributed by atoms with Gasteiger partial charge in [-0.25, -0.2) is 0 Å². The molecule has 0 fully saturated rings. The predicted octanol–water partition coefficient (Wildman–Crippen LogP) is 5.47. The first-order chi connectivity index (χ1) is 17.9. The van der Waals surface area contributed by atoms with Crippen molar-refractivity contribution in [2.45, 2.75) is 13.0 Å². The normalized spacial score (nSPS) is 11.2. The number of hydrogen-bond acceptors (Lipinski definition) is 9. The second-order valence-electron chi connectivity index (χ2n) is 7.88. The summed E-state index contributed by atoms with van der Waals surface area (Å²) in [6.07, 6.45) is 0. The molecule has 1 aromatic heterocycles. The summed E-state index contributed by atoms with van der Waals surface area (Å²) < 4.78 is 10.4. The van der Waals surface area contributed by atoms with Gasteiger partial charge in [-0.15, -0.1) is 0 Å². The maximum absolute atomic E-state index is 12.8. The fourth-order valence-electron chi connectivity index (χ4n) is 3.24. The molecule has 0 aliphatic rings. The van der Waals surface area contributed by atoms with Gasteiger partial charge in [0.1, 0.15) is 17.5 Å². The van der Waals surface area contributed by atoms with Crippen LogP contribution in [0.15, 0.2) is 72.8 Å². The van der Waals surface area contributed by atoms with E-state index in [0.29, 0.717) is 10.7 Å². The molecular formula is C26H26ClN7O3. The first-order valence-corrected chi connectivity index (χ1v) is 11.7. The molecule has 0 bridgehead atoms. The summed E-state index contributed by atoms with van der Waals surface area (Å²) in [5.41, 5.74) is 2.09. The SMILES string of the molecule is COc1ccc(Nc2nc(Nc3ccc(OC)cc3)nc(N[C@@H](C)C(=O)Nc3cccc(Cl)c3)n2)cc1. The quantitative estimate of drug-likeness (QED) is 0.216. The summed E-state index contributed by atoms with van der Waals surface area (Å²) in [6.45, 7) is 1.71. The molecule has 4 rings (SSSR count). The molecule has 1 atom stereocenters. The summed E-state index contributed by atoms with van der Waals surface area (Å²) in [5.74, 6) is 1.94. The van der Waals surface area contributed by atoms with Gasteiger partial charge in [0.25, 0.3) is 0 Å². The highest BCUT2D eigenvalue weighted by Crippen LogP contribution is 2.22. The Balaban J connectivity index is 1.55. The van der Waals surface area contributed by atoms with Crippen molar-refractivity contribution in [3.05, 3.63) is 77.8 Å². The summed E-state index contributed by atoms with van der Waals surface area (Å²) in [5, 5.41) is 12.7. The first kappa shape index (κ1) is 25.5. The molecule has 3 aromatic carbocycles. The highest BCUT2D eigenvalue weighted by atomic mass is 35.5. The molecule has 37 heavy (non-hydrogen) atoms. The van der Waals surface area contributed by atoms with Crippen LogP contribution in [0.25, 0.3) is 0 Å². The van der Waals surface area contributed by atoms with Crippen LogP contribution < -0.4 is 30.7 Å². The van der Waals surface area contributed by atoms with Crippen molar-refractivity contribution in [3.63, 3.8) is 0 Å². The average molecular weight is 520 g/mol. The van der Waals surface area contributed by atoms with Gasteiger partial charge in [-0.3, -0.25) is 4.79 Å². The lowest BCUT2D eigenvalue weighted by atomic mass is 10.2. The van der Waals surface area contributed by atoms with E-state index in [1.807, 2.05) is 48.5 Å². The maximum atomic E-state index is 12.8. The Bertz CT molecular complexity index is 1280. The zero-order chi connectivity index (χ0) is 26.2. The third-order valence-electron chi connectivity index (χ3n) is 5.16. The molecule has 10 nitrogen and oxygen atoms in total. The van der Waals surface area contributed by atoms with Gasteiger partial charge < -0.3 is 30.7 Å². The number of amides is 1. The monoisotopic (exact) mass is 519 g/mol. The maximum Gasteiger partial charge on any atom is 0.246 e. The summed E-state index contributed by atoms with van der Waals surface area (Å²) in [7, 11) is 3.21. The van der Waals surface area contributed by atoms with Crippen molar-refractivity contribution in [2.75, 3.05) is 35.5 Å². The van der Waals surface area contributed by atoms with Gasteiger partial charge in [-0.05, 0) is 73.7 Å². The number of carbonyl (C=O) groups is 1. The van der Waals surface area contributed by atoms with Crippen molar-refractivity contribution in [1.82, 2.24) is 15.0 Å². The third-order valence-corrected chi connectivity index (χ3v) is 5.39. The number of ether oxygens (including phenoxy) is 2. The van der Waals surface area contributed by atoms with Crippen LogP contribution in [-0.4, -0.2) is 41.1 Å². The van der Waals surface area contributed by atoms with E-state index in [0.717, 1.165) is 22.9 Å². The van der Waals surface area contributed by atoms with E-state index < -0.39 is 6.04 Å². The van der Waals surface area contributed by atoms with Gasteiger partial charge >= 0.3 is 0 Å². The molecule has 0 aliphatic carbocycles. The highest BCUT2D eigenvalue weighted by Gasteiger charge is 2.16. The number of anilines is 6. The number of hydrogen-bond donors (Lipinski definition) is 4. The van der Waals surface area contributed by atoms with Crippen LogP contribution in [0, 0.1) is 0 Å². The zero-order valence-electron chi connectivity index (χ0n) is 20.4. The van der Waals surface area contributed by atoms with Gasteiger partial charge in [0, 0.05) is 22.1 Å². The number of nitrogens with one attached hydrogen (secondary N) is 4. The van der Waals surface area contributed by atoms with Crippen molar-refractivity contribution in [1.29, 1.82) is 0 Å². The lowest BCUT2D eigenvalue weighted by Crippen LogP contribution is -2.32. The lowest BCUT2D eigenvalue weighted by molar-refractivity contribution is -0.116. The predicted molar refractivity (Wildman–Crippen MR) is 146 cm³/mol. The standard InChI is InChI=1S/C26H26ClN7O3/c1-16(23(35)29-20-6-4-5-17(27)15-20)28-24-32-25(30-18-7-11-21(36-2)12-8-18)34-26(33-24)31-19-9-13-22(37-3)14-10-19/h4-16H,1-3H3,(H,29,35)(H3,28,30,31,32,33,34)/t16-/m0/s1. The Morgan fingerprint density at radius 2 is 1.27 bits per heavy atom. The van der Waals surface area contributed by atoms with Gasteiger partial charge in [0.15, 0.2) is 0 Å². The number of halogens is 1. The molecule has 0 unspecified atom stereocenters. The van der Waals surface area contributed by atoms with Crippen LogP contribution in [0.4, 0.5) is 34.9 Å². The van der Waals surface area contributed by atoms with E-state index in [2.05, 4.69) is 36.2 Å². The number of carbonyl (C=O) groups excluding carboxylic acids is 1. The van der Waals surface area contributed by atoms with Crippen LogP contribution in [0.3, 0.4) is 0 Å². The van der Waals surface area contributed by atoms with Crippen LogP contribution in [0.2, 0.25) is 5.02 Å². The van der Waals surface area contributed by atoms with Crippen LogP contribution in [-0.2, 0) is 4.79 Å². The van der Waals surface area contributed by atoms with E-state index in [9.17, 15) is 4.79 Å². The Kier molecular flexibility index (Phi) is 8.22. The third kappa shape index (κ3) is 7.21. The van der Waals surface area contributed by atoms with Crippen molar-refractivity contribution < 1.29 is 14.3 Å². The van der Waals surface area contributed by atoms with E-state index in [1.165, 1.54) is 0 Å². The molecule has 1 amide bonds. The fraction of sp³-hybridized carbons (Fsp3) is 0.154. The zero-order valence-corrected chi connectivity index (χ0v) is 21.2. The second kappa shape index (κ2) is 11.9. The Morgan fingerprint density at radius 3 is 1.76 bits per heavy atom. The second-order valence-corrected chi connectivity index (χ2v) is 8.32. The van der Waals surface area contributed by atoms with Gasteiger partial charge in [0.2, 0.25) is 23.8 Å². The molecule has 190 valence electrons. The van der Waals surface area contributed by atoms with Crippen molar-refractivity contribution in [2.24, 2.45) is 0 Å².